The van der Waals surface area contributed by atoms with Crippen LogP contribution in [0.5, 0.6) is 0 Å². The molecular weight excluding hydrogens is 236 g/mol. The molecule has 1 unspecified atom stereocenters. The molecule has 0 aliphatic heterocycles. The van der Waals surface area contributed by atoms with Crippen LogP contribution >= 0.6 is 11.3 Å². The summed E-state index contributed by atoms with van der Waals surface area (Å²) in [5.41, 5.74) is 1.03. The highest BCUT2D eigenvalue weighted by Crippen LogP contribution is 2.21. The Bertz CT molecular complexity index is 439. The summed E-state index contributed by atoms with van der Waals surface area (Å²) in [5, 5.41) is 13.7. The summed E-state index contributed by atoms with van der Waals surface area (Å²) >= 11 is 1.68. The van der Waals surface area contributed by atoms with Crippen LogP contribution in [0.1, 0.15) is 5.01 Å². The van der Waals surface area contributed by atoms with Crippen molar-refractivity contribution in [2.45, 2.75) is 12.6 Å². The molecule has 0 aliphatic carbocycles. The van der Waals surface area contributed by atoms with Crippen LogP contribution in [0, 0.1) is 0 Å². The van der Waals surface area contributed by atoms with Gasteiger partial charge in [-0.1, -0.05) is 12.1 Å². The van der Waals surface area contributed by atoms with E-state index >= 15 is 0 Å². The molecule has 92 valence electrons. The average Bonchev–Trinajstić information content (AvgIpc) is 2.71. The van der Waals surface area contributed by atoms with Gasteiger partial charge in [0.05, 0.1) is 22.9 Å². The van der Waals surface area contributed by atoms with E-state index in [4.69, 9.17) is 4.74 Å². The molecule has 0 saturated heterocycles. The van der Waals surface area contributed by atoms with E-state index in [0.717, 1.165) is 10.5 Å². The third kappa shape index (κ3) is 3.47. The number of methoxy groups -OCH3 is 1. The van der Waals surface area contributed by atoms with E-state index in [1.54, 1.807) is 18.4 Å². The fraction of sp³-hybridized carbons (Fsp3) is 0.417. The van der Waals surface area contributed by atoms with Crippen molar-refractivity contribution in [3.63, 3.8) is 0 Å². The zero-order valence-electron chi connectivity index (χ0n) is 9.72. The number of aliphatic hydroxyl groups excluding tert-OH is 1. The Morgan fingerprint density at radius 2 is 2.29 bits per heavy atom. The summed E-state index contributed by atoms with van der Waals surface area (Å²) in [6.45, 7) is 1.55. The highest BCUT2D eigenvalue weighted by molar-refractivity contribution is 7.18. The standard InChI is InChI=1S/C12H16N2O2S/c1-16-8-9(15)6-13-7-12-14-10-4-2-3-5-11(10)17-12/h2-5,9,13,15H,6-8H2,1H3. The van der Waals surface area contributed by atoms with E-state index in [2.05, 4.69) is 16.4 Å². The van der Waals surface area contributed by atoms with E-state index in [1.165, 1.54) is 4.70 Å². The maximum Gasteiger partial charge on any atom is 0.108 e. The molecule has 1 atom stereocenters. The molecule has 0 bridgehead atoms. The van der Waals surface area contributed by atoms with Crippen LogP contribution in [-0.4, -0.2) is 36.5 Å². The molecule has 0 saturated carbocycles. The predicted molar refractivity (Wildman–Crippen MR) is 69.2 cm³/mol. The van der Waals surface area contributed by atoms with Gasteiger partial charge in [0.25, 0.3) is 0 Å². The quantitative estimate of drug-likeness (QED) is 0.816. The lowest BCUT2D eigenvalue weighted by atomic mass is 10.3. The number of benzene rings is 1. The van der Waals surface area contributed by atoms with Crippen LogP contribution in [0.4, 0.5) is 0 Å². The number of aliphatic hydroxyl groups is 1. The topological polar surface area (TPSA) is 54.4 Å². The number of fused-ring (bicyclic) bond motifs is 1. The van der Waals surface area contributed by atoms with E-state index in [9.17, 15) is 5.11 Å². The molecule has 2 N–H and O–H groups in total. The molecule has 1 aromatic carbocycles. The van der Waals surface area contributed by atoms with E-state index in [1.807, 2.05) is 18.2 Å². The van der Waals surface area contributed by atoms with Crippen LogP contribution in [0.2, 0.25) is 0 Å². The molecule has 0 spiro atoms. The molecule has 4 nitrogen and oxygen atoms in total. The predicted octanol–water partition coefficient (Wildman–Crippen LogP) is 1.39. The number of nitrogens with one attached hydrogen (secondary N) is 1. The van der Waals surface area contributed by atoms with Crippen LogP contribution in [0.3, 0.4) is 0 Å². The summed E-state index contributed by atoms with van der Waals surface area (Å²) in [6, 6.07) is 8.08. The van der Waals surface area contributed by atoms with Gasteiger partial charge in [-0.05, 0) is 12.1 Å². The Morgan fingerprint density at radius 1 is 1.47 bits per heavy atom. The van der Waals surface area contributed by atoms with Crippen molar-refractivity contribution in [2.75, 3.05) is 20.3 Å². The van der Waals surface area contributed by atoms with Gasteiger partial charge in [-0.3, -0.25) is 0 Å². The number of rotatable bonds is 6. The van der Waals surface area contributed by atoms with E-state index in [-0.39, 0.29) is 0 Å². The fourth-order valence-electron chi connectivity index (χ4n) is 1.59. The van der Waals surface area contributed by atoms with Gasteiger partial charge in [-0.15, -0.1) is 11.3 Å². The van der Waals surface area contributed by atoms with E-state index < -0.39 is 6.10 Å². The first-order valence-electron chi connectivity index (χ1n) is 5.52. The van der Waals surface area contributed by atoms with Crippen molar-refractivity contribution in [3.05, 3.63) is 29.3 Å². The average molecular weight is 252 g/mol. The van der Waals surface area contributed by atoms with Crippen LogP contribution in [0.25, 0.3) is 10.2 Å². The maximum absolute atomic E-state index is 9.46. The van der Waals surface area contributed by atoms with Crippen LogP contribution in [0.15, 0.2) is 24.3 Å². The normalized spacial score (nSPS) is 13.1. The number of nitrogens with zero attached hydrogens (tertiary/aromatic N) is 1. The monoisotopic (exact) mass is 252 g/mol. The molecule has 17 heavy (non-hydrogen) atoms. The fourth-order valence-corrected chi connectivity index (χ4v) is 2.53. The number of ether oxygens (including phenoxy) is 1. The van der Waals surface area contributed by atoms with Gasteiger partial charge in [-0.25, -0.2) is 4.98 Å². The number of thiazole rings is 1. The summed E-state index contributed by atoms with van der Waals surface area (Å²) in [6.07, 6.45) is -0.464. The lowest BCUT2D eigenvalue weighted by molar-refractivity contribution is 0.0644. The molecule has 0 aliphatic rings. The lowest BCUT2D eigenvalue weighted by Crippen LogP contribution is -2.29. The molecule has 2 aromatic rings. The largest absolute Gasteiger partial charge is 0.389 e. The maximum atomic E-state index is 9.46. The van der Waals surface area contributed by atoms with Crippen molar-refractivity contribution in [3.8, 4) is 0 Å². The van der Waals surface area contributed by atoms with Gasteiger partial charge in [0.1, 0.15) is 5.01 Å². The summed E-state index contributed by atoms with van der Waals surface area (Å²) in [7, 11) is 1.58. The SMILES string of the molecule is COCC(O)CNCc1nc2ccccc2s1. The minimum Gasteiger partial charge on any atom is -0.389 e. The number of aromatic nitrogens is 1. The molecule has 1 heterocycles. The van der Waals surface area contributed by atoms with Gasteiger partial charge >= 0.3 is 0 Å². The molecule has 0 fully saturated rings. The minimum atomic E-state index is -0.464. The van der Waals surface area contributed by atoms with Gasteiger partial charge in [0.15, 0.2) is 0 Å². The zero-order valence-corrected chi connectivity index (χ0v) is 10.5. The lowest BCUT2D eigenvalue weighted by Gasteiger charge is -2.09. The van der Waals surface area contributed by atoms with Gasteiger partial charge in [0.2, 0.25) is 0 Å². The Kier molecular flexibility index (Phi) is 4.44. The molecule has 0 radical (unpaired) electrons. The Labute approximate surface area is 104 Å². The van der Waals surface area contributed by atoms with Crippen molar-refractivity contribution in [1.29, 1.82) is 0 Å². The summed E-state index contributed by atoms with van der Waals surface area (Å²) in [4.78, 5) is 4.50. The molecule has 5 heteroatoms. The second-order valence-electron chi connectivity index (χ2n) is 3.82. The third-order valence-electron chi connectivity index (χ3n) is 2.35. The highest BCUT2D eigenvalue weighted by atomic mass is 32.1. The molecule has 2 rings (SSSR count). The summed E-state index contributed by atoms with van der Waals surface area (Å²) < 4.78 is 6.05. The van der Waals surface area contributed by atoms with Crippen molar-refractivity contribution in [2.24, 2.45) is 0 Å². The molecular formula is C12H16N2O2S. The second-order valence-corrected chi connectivity index (χ2v) is 4.93. The Hall–Kier alpha value is -1.01. The zero-order chi connectivity index (χ0) is 12.1. The number of para-hydroxylation sites is 1. The first kappa shape index (κ1) is 12.4. The molecule has 1 aromatic heterocycles. The summed E-state index contributed by atoms with van der Waals surface area (Å²) in [5.74, 6) is 0. The number of hydrogen-bond acceptors (Lipinski definition) is 5. The highest BCUT2D eigenvalue weighted by Gasteiger charge is 2.05. The van der Waals surface area contributed by atoms with Crippen molar-refractivity contribution < 1.29 is 9.84 Å². The first-order chi connectivity index (χ1) is 8.29. The second kappa shape index (κ2) is 6.07. The first-order valence-corrected chi connectivity index (χ1v) is 6.33. The van der Waals surface area contributed by atoms with Gasteiger partial charge in [-0.2, -0.15) is 0 Å². The number of hydrogen-bond donors (Lipinski definition) is 2. The Balaban J connectivity index is 1.86. The molecule has 0 amide bonds. The Morgan fingerprint density at radius 3 is 3.06 bits per heavy atom. The minimum absolute atomic E-state index is 0.354. The smallest absolute Gasteiger partial charge is 0.108 e. The van der Waals surface area contributed by atoms with Gasteiger partial charge < -0.3 is 15.2 Å². The van der Waals surface area contributed by atoms with Crippen molar-refractivity contribution >= 4 is 21.6 Å². The van der Waals surface area contributed by atoms with Crippen LogP contribution < -0.4 is 5.32 Å². The van der Waals surface area contributed by atoms with Crippen LogP contribution in [-0.2, 0) is 11.3 Å². The van der Waals surface area contributed by atoms with E-state index in [0.29, 0.717) is 19.7 Å². The van der Waals surface area contributed by atoms with Crippen molar-refractivity contribution in [1.82, 2.24) is 10.3 Å². The third-order valence-corrected chi connectivity index (χ3v) is 3.39. The van der Waals surface area contributed by atoms with Gasteiger partial charge in [0, 0.05) is 20.2 Å².